The second-order valence-corrected chi connectivity index (χ2v) is 5.00. The smallest absolute Gasteiger partial charge is 0.384 e. The quantitative estimate of drug-likeness (QED) is 0.807. The summed E-state index contributed by atoms with van der Waals surface area (Å²) >= 11 is 0. The first kappa shape index (κ1) is 15.5. The third kappa shape index (κ3) is 3.24. The van der Waals surface area contributed by atoms with Crippen molar-refractivity contribution in [2.24, 2.45) is 0 Å². The summed E-state index contributed by atoms with van der Waals surface area (Å²) in [5, 5.41) is 10.3. The Kier molecular flexibility index (Phi) is 4.05. The summed E-state index contributed by atoms with van der Waals surface area (Å²) in [5.74, 6) is -1.38. The van der Waals surface area contributed by atoms with E-state index >= 15 is 0 Å². The van der Waals surface area contributed by atoms with Gasteiger partial charge in [0.25, 0.3) is 0 Å². The molecule has 0 aromatic heterocycles. The van der Waals surface area contributed by atoms with E-state index in [-0.39, 0.29) is 5.56 Å². The maximum absolute atomic E-state index is 13.6. The molecule has 2 aromatic rings. The monoisotopic (exact) mass is 298 g/mol. The van der Waals surface area contributed by atoms with Crippen LogP contribution in [0.1, 0.15) is 33.9 Å². The largest absolute Gasteiger partial charge is 0.419 e. The summed E-state index contributed by atoms with van der Waals surface area (Å²) < 4.78 is 51.1. The molecule has 0 aliphatic rings. The maximum Gasteiger partial charge on any atom is 0.419 e. The number of aryl methyl sites for hydroxylation is 2. The highest BCUT2D eigenvalue weighted by Crippen LogP contribution is 2.34. The molecule has 5 heteroatoms. The van der Waals surface area contributed by atoms with Crippen molar-refractivity contribution in [3.05, 3.63) is 70.0 Å². The fourth-order valence-corrected chi connectivity index (χ4v) is 2.17. The van der Waals surface area contributed by atoms with Crippen LogP contribution in [0.15, 0.2) is 36.4 Å². The predicted molar refractivity (Wildman–Crippen MR) is 71.4 cm³/mol. The number of benzene rings is 2. The first-order valence-electron chi connectivity index (χ1n) is 6.32. The van der Waals surface area contributed by atoms with Gasteiger partial charge in [0, 0.05) is 0 Å². The van der Waals surface area contributed by atoms with E-state index in [4.69, 9.17) is 0 Å². The predicted octanol–water partition coefficient (Wildman–Crippen LogP) is 4.54. The second kappa shape index (κ2) is 5.48. The molecule has 0 aliphatic carbocycles. The second-order valence-electron chi connectivity index (χ2n) is 5.00. The van der Waals surface area contributed by atoms with Crippen molar-refractivity contribution in [3.8, 4) is 0 Å². The highest BCUT2D eigenvalue weighted by Gasteiger charge is 2.34. The Morgan fingerprint density at radius 2 is 1.67 bits per heavy atom. The van der Waals surface area contributed by atoms with E-state index in [1.165, 1.54) is 0 Å². The van der Waals surface area contributed by atoms with E-state index in [1.807, 2.05) is 13.0 Å². The number of hydrogen-bond donors (Lipinski definition) is 1. The van der Waals surface area contributed by atoms with Crippen LogP contribution >= 0.6 is 0 Å². The topological polar surface area (TPSA) is 20.2 Å². The van der Waals surface area contributed by atoms with Crippen LogP contribution in [0.2, 0.25) is 0 Å². The first-order valence-corrected chi connectivity index (χ1v) is 6.32. The van der Waals surface area contributed by atoms with Crippen molar-refractivity contribution in [1.82, 2.24) is 0 Å². The fourth-order valence-electron chi connectivity index (χ4n) is 2.17. The Bertz CT molecular complexity index is 662. The lowest BCUT2D eigenvalue weighted by Gasteiger charge is -2.16. The lowest BCUT2D eigenvalue weighted by atomic mass is 9.95. The molecule has 1 N–H and O–H groups in total. The van der Waals surface area contributed by atoms with Crippen molar-refractivity contribution in [2.45, 2.75) is 26.1 Å². The van der Waals surface area contributed by atoms with Crippen LogP contribution in [0.3, 0.4) is 0 Å². The first-order chi connectivity index (χ1) is 9.70. The summed E-state index contributed by atoms with van der Waals surface area (Å²) in [4.78, 5) is 0. The van der Waals surface area contributed by atoms with Gasteiger partial charge in [0.05, 0.1) is 5.56 Å². The Morgan fingerprint density at radius 3 is 2.24 bits per heavy atom. The van der Waals surface area contributed by atoms with Gasteiger partial charge in [0.1, 0.15) is 11.9 Å². The molecule has 1 unspecified atom stereocenters. The van der Waals surface area contributed by atoms with Crippen LogP contribution in [0.5, 0.6) is 0 Å². The van der Waals surface area contributed by atoms with Gasteiger partial charge in [-0.25, -0.2) is 4.39 Å². The Hall–Kier alpha value is -1.88. The van der Waals surface area contributed by atoms with Gasteiger partial charge >= 0.3 is 6.18 Å². The molecule has 0 radical (unpaired) electrons. The molecule has 1 atom stereocenters. The van der Waals surface area contributed by atoms with Crippen LogP contribution in [-0.4, -0.2) is 5.11 Å². The van der Waals surface area contributed by atoms with Gasteiger partial charge in [-0.05, 0) is 42.7 Å². The minimum Gasteiger partial charge on any atom is -0.384 e. The minimum atomic E-state index is -4.74. The number of aliphatic hydroxyl groups is 1. The summed E-state index contributed by atoms with van der Waals surface area (Å²) in [6, 6.07) is 7.87. The van der Waals surface area contributed by atoms with Crippen molar-refractivity contribution >= 4 is 0 Å². The van der Waals surface area contributed by atoms with E-state index in [1.54, 1.807) is 19.1 Å². The molecule has 2 aromatic carbocycles. The molecular formula is C16H14F4O. The number of halogens is 4. The summed E-state index contributed by atoms with van der Waals surface area (Å²) in [6.45, 7) is 3.61. The highest BCUT2D eigenvalue weighted by molar-refractivity contribution is 5.39. The van der Waals surface area contributed by atoms with Crippen LogP contribution in [0, 0.1) is 19.7 Å². The molecule has 0 amide bonds. The zero-order valence-corrected chi connectivity index (χ0v) is 11.5. The SMILES string of the molecule is Cc1ccc(C)c(C(O)c2ccc(C(F)(F)F)c(F)c2)c1. The van der Waals surface area contributed by atoms with Gasteiger partial charge in [0.15, 0.2) is 0 Å². The molecule has 2 rings (SSSR count). The third-order valence-electron chi connectivity index (χ3n) is 3.34. The molecule has 0 fully saturated rings. The summed E-state index contributed by atoms with van der Waals surface area (Å²) in [5.41, 5.74) is 0.998. The summed E-state index contributed by atoms with van der Waals surface area (Å²) in [7, 11) is 0. The van der Waals surface area contributed by atoms with Crippen LogP contribution in [-0.2, 0) is 6.18 Å². The molecule has 0 heterocycles. The van der Waals surface area contributed by atoms with E-state index in [0.717, 1.165) is 23.3 Å². The number of aliphatic hydroxyl groups excluding tert-OH is 1. The van der Waals surface area contributed by atoms with Gasteiger partial charge in [-0.15, -0.1) is 0 Å². The molecule has 21 heavy (non-hydrogen) atoms. The van der Waals surface area contributed by atoms with Gasteiger partial charge in [0.2, 0.25) is 0 Å². The van der Waals surface area contributed by atoms with Crippen molar-refractivity contribution in [2.75, 3.05) is 0 Å². The molecule has 0 saturated carbocycles. The van der Waals surface area contributed by atoms with E-state index in [0.29, 0.717) is 11.6 Å². The number of alkyl halides is 3. The fraction of sp³-hybridized carbons (Fsp3) is 0.250. The lowest BCUT2D eigenvalue weighted by molar-refractivity contribution is -0.140. The van der Waals surface area contributed by atoms with E-state index in [9.17, 15) is 22.7 Å². The van der Waals surface area contributed by atoms with Gasteiger partial charge in [-0.1, -0.05) is 29.8 Å². The van der Waals surface area contributed by atoms with Crippen molar-refractivity contribution in [3.63, 3.8) is 0 Å². The Morgan fingerprint density at radius 1 is 1.00 bits per heavy atom. The van der Waals surface area contributed by atoms with E-state index in [2.05, 4.69) is 0 Å². The average Bonchev–Trinajstić information content (AvgIpc) is 2.39. The normalized spacial score (nSPS) is 13.3. The summed E-state index contributed by atoms with van der Waals surface area (Å²) in [6.07, 6.45) is -5.91. The highest BCUT2D eigenvalue weighted by atomic mass is 19.4. The molecule has 0 saturated heterocycles. The van der Waals surface area contributed by atoms with Gasteiger partial charge < -0.3 is 5.11 Å². The zero-order chi connectivity index (χ0) is 15.8. The Balaban J connectivity index is 2.43. The van der Waals surface area contributed by atoms with Crippen molar-refractivity contribution in [1.29, 1.82) is 0 Å². The maximum atomic E-state index is 13.6. The Labute approximate surface area is 119 Å². The zero-order valence-electron chi connectivity index (χ0n) is 11.5. The molecule has 0 aliphatic heterocycles. The number of hydrogen-bond acceptors (Lipinski definition) is 1. The molecule has 112 valence electrons. The van der Waals surface area contributed by atoms with Gasteiger partial charge in [-0.3, -0.25) is 0 Å². The lowest BCUT2D eigenvalue weighted by Crippen LogP contribution is -2.10. The third-order valence-corrected chi connectivity index (χ3v) is 3.34. The number of rotatable bonds is 2. The van der Waals surface area contributed by atoms with Crippen molar-refractivity contribution < 1.29 is 22.7 Å². The molecule has 0 bridgehead atoms. The van der Waals surface area contributed by atoms with Crippen LogP contribution < -0.4 is 0 Å². The average molecular weight is 298 g/mol. The van der Waals surface area contributed by atoms with Gasteiger partial charge in [-0.2, -0.15) is 13.2 Å². The standard InChI is InChI=1S/C16H14F4O/c1-9-3-4-10(2)12(7-9)15(21)11-5-6-13(14(17)8-11)16(18,19)20/h3-8,15,21H,1-2H3. The van der Waals surface area contributed by atoms with Crippen LogP contribution in [0.4, 0.5) is 17.6 Å². The van der Waals surface area contributed by atoms with E-state index < -0.39 is 23.7 Å². The molecule has 0 spiro atoms. The molecular weight excluding hydrogens is 284 g/mol. The molecule has 1 nitrogen and oxygen atoms in total. The van der Waals surface area contributed by atoms with Crippen LogP contribution in [0.25, 0.3) is 0 Å². The minimum absolute atomic E-state index is 0.0919.